The number of unbranched alkanes of at least 4 members (excludes halogenated alkanes) is 2. The molecule has 134 valence electrons. The summed E-state index contributed by atoms with van der Waals surface area (Å²) in [5, 5.41) is 4.08. The van der Waals surface area contributed by atoms with Crippen LogP contribution in [0.15, 0.2) is 30.3 Å². The van der Waals surface area contributed by atoms with E-state index in [1.165, 1.54) is 11.3 Å². The maximum atomic E-state index is 12.1. The molecule has 0 spiro atoms. The fourth-order valence-corrected chi connectivity index (χ4v) is 3.36. The lowest BCUT2D eigenvalue weighted by Crippen LogP contribution is -2.14. The number of hydrogen-bond donors (Lipinski definition) is 1. The number of nitrogens with one attached hydrogen (secondary N) is 1. The van der Waals surface area contributed by atoms with Gasteiger partial charge < -0.3 is 10.1 Å². The quantitative estimate of drug-likeness (QED) is 0.530. The fourth-order valence-electron chi connectivity index (χ4n) is 2.36. The number of carbonyl (C=O) groups is 2. The molecule has 0 unspecified atom stereocenters. The molecular weight excluding hydrogens is 336 g/mol. The van der Waals surface area contributed by atoms with Gasteiger partial charge in [0.2, 0.25) is 5.91 Å². The Morgan fingerprint density at radius 2 is 1.92 bits per heavy atom. The molecule has 0 aliphatic heterocycles. The molecule has 25 heavy (non-hydrogen) atoms. The molecule has 6 heteroatoms. The minimum Gasteiger partial charge on any atom is -0.461 e. The molecule has 1 aromatic carbocycles. The second-order valence-electron chi connectivity index (χ2n) is 5.67. The van der Waals surface area contributed by atoms with Crippen LogP contribution in [0.3, 0.4) is 0 Å². The molecule has 1 N–H and O–H groups in total. The highest BCUT2D eigenvalue weighted by Gasteiger charge is 2.21. The number of esters is 1. The van der Waals surface area contributed by atoms with Gasteiger partial charge in [0.25, 0.3) is 0 Å². The summed E-state index contributed by atoms with van der Waals surface area (Å²) in [6.07, 6.45) is 3.97. The average molecular weight is 360 g/mol. The third-order valence-corrected chi connectivity index (χ3v) is 4.57. The summed E-state index contributed by atoms with van der Waals surface area (Å²) in [6, 6.07) is 9.90. The van der Waals surface area contributed by atoms with E-state index in [2.05, 4.69) is 17.2 Å². The topological polar surface area (TPSA) is 68.3 Å². The zero-order valence-corrected chi connectivity index (χ0v) is 15.5. The number of benzene rings is 1. The Balaban J connectivity index is 2.14. The van der Waals surface area contributed by atoms with Gasteiger partial charge in [0.1, 0.15) is 10.0 Å². The van der Waals surface area contributed by atoms with Gasteiger partial charge in [0.15, 0.2) is 5.69 Å². The molecule has 0 aliphatic carbocycles. The lowest BCUT2D eigenvalue weighted by Gasteiger charge is -2.04. The van der Waals surface area contributed by atoms with Crippen molar-refractivity contribution in [2.45, 2.75) is 46.0 Å². The van der Waals surface area contributed by atoms with Gasteiger partial charge in [-0.2, -0.15) is 0 Å². The van der Waals surface area contributed by atoms with Crippen molar-refractivity contribution in [1.29, 1.82) is 0 Å². The number of amides is 1. The standard InChI is InChI=1S/C19H24N2O3S/c1-3-5-7-12-15(22)20-18-17(19(23)24-4-2)21-16(25-18)13-14-10-8-6-9-11-14/h6,8-11H,3-5,7,12-13H2,1-2H3,(H,20,22). The Hall–Kier alpha value is -2.21. The van der Waals surface area contributed by atoms with Crippen molar-refractivity contribution in [3.8, 4) is 0 Å². The average Bonchev–Trinajstić information content (AvgIpc) is 2.98. The fraction of sp³-hybridized carbons (Fsp3) is 0.421. The van der Waals surface area contributed by atoms with Crippen LogP contribution in [-0.4, -0.2) is 23.5 Å². The molecule has 0 atom stereocenters. The summed E-state index contributed by atoms with van der Waals surface area (Å²) < 4.78 is 5.07. The van der Waals surface area contributed by atoms with E-state index in [-0.39, 0.29) is 18.2 Å². The van der Waals surface area contributed by atoms with E-state index in [4.69, 9.17) is 4.74 Å². The highest BCUT2D eigenvalue weighted by Crippen LogP contribution is 2.27. The number of anilines is 1. The Morgan fingerprint density at radius 1 is 1.16 bits per heavy atom. The second kappa shape index (κ2) is 9.93. The molecule has 0 radical (unpaired) electrons. The smallest absolute Gasteiger partial charge is 0.360 e. The minimum absolute atomic E-state index is 0.0890. The van der Waals surface area contributed by atoms with Crippen molar-refractivity contribution in [1.82, 2.24) is 4.98 Å². The minimum atomic E-state index is -0.498. The molecule has 0 bridgehead atoms. The first-order valence-corrected chi connectivity index (χ1v) is 9.46. The molecule has 1 heterocycles. The first-order chi connectivity index (χ1) is 12.1. The Bertz CT molecular complexity index is 698. The number of carbonyl (C=O) groups excluding carboxylic acids is 2. The highest BCUT2D eigenvalue weighted by molar-refractivity contribution is 7.16. The maximum Gasteiger partial charge on any atom is 0.360 e. The maximum absolute atomic E-state index is 12.1. The predicted molar refractivity (Wildman–Crippen MR) is 100 cm³/mol. The van der Waals surface area contributed by atoms with Gasteiger partial charge in [0.05, 0.1) is 6.61 Å². The molecule has 5 nitrogen and oxygen atoms in total. The van der Waals surface area contributed by atoms with E-state index in [1.54, 1.807) is 6.92 Å². The van der Waals surface area contributed by atoms with Crippen molar-refractivity contribution < 1.29 is 14.3 Å². The molecule has 2 rings (SSSR count). The molecule has 0 fully saturated rings. The lowest BCUT2D eigenvalue weighted by molar-refractivity contribution is -0.116. The van der Waals surface area contributed by atoms with Crippen LogP contribution in [0, 0.1) is 0 Å². The van der Waals surface area contributed by atoms with E-state index >= 15 is 0 Å². The van der Waals surface area contributed by atoms with E-state index in [1.807, 2.05) is 30.3 Å². The molecule has 0 saturated heterocycles. The highest BCUT2D eigenvalue weighted by atomic mass is 32.1. The van der Waals surface area contributed by atoms with E-state index in [9.17, 15) is 9.59 Å². The first kappa shape index (κ1) is 19.1. The second-order valence-corrected chi connectivity index (χ2v) is 6.76. The Labute approximate surface area is 152 Å². The largest absolute Gasteiger partial charge is 0.461 e. The summed E-state index contributed by atoms with van der Waals surface area (Å²) in [7, 11) is 0. The first-order valence-electron chi connectivity index (χ1n) is 8.64. The number of hydrogen-bond acceptors (Lipinski definition) is 5. The van der Waals surface area contributed by atoms with Crippen LogP contribution >= 0.6 is 11.3 Å². The van der Waals surface area contributed by atoms with Crippen molar-refractivity contribution in [3.05, 3.63) is 46.6 Å². The van der Waals surface area contributed by atoms with E-state index < -0.39 is 5.97 Å². The van der Waals surface area contributed by atoms with Crippen molar-refractivity contribution >= 4 is 28.2 Å². The molecule has 1 amide bonds. The Kier molecular flexibility index (Phi) is 7.60. The summed E-state index contributed by atoms with van der Waals surface area (Å²) in [6.45, 7) is 4.11. The molecule has 2 aromatic rings. The van der Waals surface area contributed by atoms with Gasteiger partial charge >= 0.3 is 5.97 Å². The summed E-state index contributed by atoms with van der Waals surface area (Å²) in [4.78, 5) is 28.6. The predicted octanol–water partition coefficient (Wildman–Crippen LogP) is 4.43. The number of rotatable bonds is 9. The summed E-state index contributed by atoms with van der Waals surface area (Å²) in [5.74, 6) is -0.587. The van der Waals surface area contributed by atoms with Crippen LogP contribution < -0.4 is 5.32 Å². The zero-order chi connectivity index (χ0) is 18.1. The third-order valence-electron chi connectivity index (χ3n) is 3.60. The molecule has 0 aliphatic rings. The normalized spacial score (nSPS) is 10.5. The van der Waals surface area contributed by atoms with E-state index in [0.29, 0.717) is 17.8 Å². The van der Waals surface area contributed by atoms with Crippen LogP contribution in [0.4, 0.5) is 5.00 Å². The number of thiazole rings is 1. The van der Waals surface area contributed by atoms with Crippen LogP contribution in [0.1, 0.15) is 60.6 Å². The molecule has 0 saturated carbocycles. The third kappa shape index (κ3) is 5.98. The number of aromatic nitrogens is 1. The van der Waals surface area contributed by atoms with Gasteiger partial charge in [0, 0.05) is 12.8 Å². The monoisotopic (exact) mass is 360 g/mol. The van der Waals surface area contributed by atoms with Crippen LogP contribution in [0.5, 0.6) is 0 Å². The van der Waals surface area contributed by atoms with Crippen LogP contribution in [0.2, 0.25) is 0 Å². The van der Waals surface area contributed by atoms with Crippen LogP contribution in [0.25, 0.3) is 0 Å². The van der Waals surface area contributed by atoms with Gasteiger partial charge in [-0.05, 0) is 18.9 Å². The molecule has 1 aromatic heterocycles. The summed E-state index contributed by atoms with van der Waals surface area (Å²) in [5.41, 5.74) is 1.30. The van der Waals surface area contributed by atoms with E-state index in [0.717, 1.165) is 29.8 Å². The van der Waals surface area contributed by atoms with Crippen LogP contribution in [-0.2, 0) is 16.0 Å². The van der Waals surface area contributed by atoms with Gasteiger partial charge in [-0.3, -0.25) is 4.79 Å². The zero-order valence-electron chi connectivity index (χ0n) is 14.7. The SMILES string of the molecule is CCCCCC(=O)Nc1sc(Cc2ccccc2)nc1C(=O)OCC. The number of ether oxygens (including phenoxy) is 1. The van der Waals surface area contributed by atoms with Gasteiger partial charge in [-0.25, -0.2) is 9.78 Å². The number of nitrogens with zero attached hydrogens (tertiary/aromatic N) is 1. The van der Waals surface area contributed by atoms with Gasteiger partial charge in [-0.1, -0.05) is 50.1 Å². The van der Waals surface area contributed by atoms with Gasteiger partial charge in [-0.15, -0.1) is 11.3 Å². The lowest BCUT2D eigenvalue weighted by atomic mass is 10.2. The van der Waals surface area contributed by atoms with Crippen molar-refractivity contribution in [3.63, 3.8) is 0 Å². The summed E-state index contributed by atoms with van der Waals surface area (Å²) >= 11 is 1.33. The Morgan fingerprint density at radius 3 is 2.60 bits per heavy atom. The van der Waals surface area contributed by atoms with Crippen molar-refractivity contribution in [2.75, 3.05) is 11.9 Å². The van der Waals surface area contributed by atoms with Crippen molar-refractivity contribution in [2.24, 2.45) is 0 Å². The molecular formula is C19H24N2O3S.